The molecule has 2 aliphatic rings. The molecule has 0 amide bonds. The van der Waals surface area contributed by atoms with Gasteiger partial charge in [0.1, 0.15) is 0 Å². The molecular weight excluding hydrogens is 200 g/mol. The summed E-state index contributed by atoms with van der Waals surface area (Å²) in [5.41, 5.74) is 0. The second kappa shape index (κ2) is 5.99. The van der Waals surface area contributed by atoms with Gasteiger partial charge in [-0.05, 0) is 52.6 Å². The van der Waals surface area contributed by atoms with Gasteiger partial charge in [0, 0.05) is 31.3 Å². The van der Waals surface area contributed by atoms with Crippen LogP contribution in [0.15, 0.2) is 0 Å². The fraction of sp³-hybridized carbons (Fsp3) is 1.00. The average molecular weight is 226 g/mol. The van der Waals surface area contributed by atoms with E-state index in [1.807, 2.05) is 0 Å². The predicted octanol–water partition coefficient (Wildman–Crippen LogP) is 1.63. The molecule has 2 bridgehead atoms. The zero-order chi connectivity index (χ0) is 11.4. The largest absolute Gasteiger partial charge is 0.382 e. The minimum absolute atomic E-state index is 0.760. The molecular formula is C13H26N2O. The molecule has 2 saturated heterocycles. The Morgan fingerprint density at radius 1 is 1.25 bits per heavy atom. The Morgan fingerprint density at radius 2 is 1.94 bits per heavy atom. The summed E-state index contributed by atoms with van der Waals surface area (Å²) in [6, 6.07) is 2.46. The van der Waals surface area contributed by atoms with Crippen LogP contribution in [0.1, 0.15) is 39.0 Å². The third-order valence-corrected chi connectivity index (χ3v) is 4.20. The van der Waals surface area contributed by atoms with Crippen LogP contribution in [0.25, 0.3) is 0 Å². The van der Waals surface area contributed by atoms with Crippen molar-refractivity contribution in [2.24, 2.45) is 0 Å². The van der Waals surface area contributed by atoms with Crippen molar-refractivity contribution < 1.29 is 4.74 Å². The lowest BCUT2D eigenvalue weighted by atomic mass is 9.98. The topological polar surface area (TPSA) is 24.5 Å². The second-order valence-electron chi connectivity index (χ2n) is 5.22. The number of piperidine rings is 1. The van der Waals surface area contributed by atoms with Gasteiger partial charge in [-0.15, -0.1) is 0 Å². The first-order valence-electron chi connectivity index (χ1n) is 6.84. The van der Waals surface area contributed by atoms with E-state index < -0.39 is 0 Å². The summed E-state index contributed by atoms with van der Waals surface area (Å²) in [5, 5.41) is 3.70. The third kappa shape index (κ3) is 2.96. The molecule has 0 radical (unpaired) electrons. The van der Waals surface area contributed by atoms with Crippen LogP contribution >= 0.6 is 0 Å². The lowest BCUT2D eigenvalue weighted by Crippen LogP contribution is -2.47. The van der Waals surface area contributed by atoms with Crippen molar-refractivity contribution in [2.45, 2.75) is 57.2 Å². The lowest BCUT2D eigenvalue weighted by Gasteiger charge is -2.36. The Bertz CT molecular complexity index is 196. The molecule has 0 saturated carbocycles. The van der Waals surface area contributed by atoms with E-state index in [2.05, 4.69) is 24.2 Å². The number of nitrogens with one attached hydrogen (secondary N) is 1. The highest BCUT2D eigenvalue weighted by Gasteiger charge is 2.37. The van der Waals surface area contributed by atoms with Crippen LogP contribution in [0, 0.1) is 0 Å². The van der Waals surface area contributed by atoms with Crippen LogP contribution in [0.2, 0.25) is 0 Å². The van der Waals surface area contributed by atoms with E-state index in [9.17, 15) is 0 Å². The standard InChI is InChI=1S/C13H26N2O/c1-3-16-8-4-7-14-11-9-12-5-6-13(10-11)15(12)2/h11-14H,3-10H2,1-2H3. The second-order valence-corrected chi connectivity index (χ2v) is 5.22. The minimum Gasteiger partial charge on any atom is -0.382 e. The molecule has 94 valence electrons. The van der Waals surface area contributed by atoms with Gasteiger partial charge in [0.15, 0.2) is 0 Å². The molecule has 2 heterocycles. The van der Waals surface area contributed by atoms with Crippen molar-refractivity contribution in [1.82, 2.24) is 10.2 Å². The maximum Gasteiger partial charge on any atom is 0.0477 e. The summed E-state index contributed by atoms with van der Waals surface area (Å²) in [7, 11) is 2.30. The molecule has 0 aromatic rings. The first-order chi connectivity index (χ1) is 7.81. The van der Waals surface area contributed by atoms with Gasteiger partial charge in [0.25, 0.3) is 0 Å². The van der Waals surface area contributed by atoms with E-state index in [-0.39, 0.29) is 0 Å². The maximum absolute atomic E-state index is 5.35. The summed E-state index contributed by atoms with van der Waals surface area (Å²) in [6.45, 7) is 4.93. The first-order valence-corrected chi connectivity index (χ1v) is 6.84. The molecule has 0 aliphatic carbocycles. The van der Waals surface area contributed by atoms with Gasteiger partial charge >= 0.3 is 0 Å². The van der Waals surface area contributed by atoms with Gasteiger partial charge < -0.3 is 15.0 Å². The van der Waals surface area contributed by atoms with E-state index >= 15 is 0 Å². The van der Waals surface area contributed by atoms with Crippen LogP contribution in [-0.2, 0) is 4.74 Å². The number of ether oxygens (including phenoxy) is 1. The van der Waals surface area contributed by atoms with Crippen molar-refractivity contribution in [3.8, 4) is 0 Å². The van der Waals surface area contributed by atoms with Crippen LogP contribution in [0.4, 0.5) is 0 Å². The van der Waals surface area contributed by atoms with Crippen molar-refractivity contribution in [3.05, 3.63) is 0 Å². The number of rotatable bonds is 6. The first kappa shape index (κ1) is 12.3. The van der Waals surface area contributed by atoms with Gasteiger partial charge in [-0.1, -0.05) is 0 Å². The lowest BCUT2D eigenvalue weighted by molar-refractivity contribution is 0.133. The quantitative estimate of drug-likeness (QED) is 0.697. The van der Waals surface area contributed by atoms with E-state index in [1.54, 1.807) is 0 Å². The molecule has 0 spiro atoms. The molecule has 2 fully saturated rings. The van der Waals surface area contributed by atoms with Gasteiger partial charge in [-0.3, -0.25) is 0 Å². The molecule has 3 heteroatoms. The molecule has 16 heavy (non-hydrogen) atoms. The molecule has 1 N–H and O–H groups in total. The van der Waals surface area contributed by atoms with Gasteiger partial charge in [0.2, 0.25) is 0 Å². The zero-order valence-electron chi connectivity index (χ0n) is 10.7. The number of hydrogen-bond donors (Lipinski definition) is 1. The van der Waals surface area contributed by atoms with Gasteiger partial charge in [-0.2, -0.15) is 0 Å². The molecule has 2 aliphatic heterocycles. The summed E-state index contributed by atoms with van der Waals surface area (Å²) in [4.78, 5) is 2.60. The zero-order valence-corrected chi connectivity index (χ0v) is 10.7. The highest BCUT2D eigenvalue weighted by atomic mass is 16.5. The Labute approximate surface area is 99.5 Å². The number of nitrogens with zero attached hydrogens (tertiary/aromatic N) is 1. The molecule has 2 rings (SSSR count). The fourth-order valence-electron chi connectivity index (χ4n) is 3.20. The van der Waals surface area contributed by atoms with Crippen LogP contribution in [0.5, 0.6) is 0 Å². The minimum atomic E-state index is 0.760. The molecule has 0 aromatic carbocycles. The Hall–Kier alpha value is -0.120. The summed E-state index contributed by atoms with van der Waals surface area (Å²) in [6.07, 6.45) is 6.68. The summed E-state index contributed by atoms with van der Waals surface area (Å²) < 4.78 is 5.35. The highest BCUT2D eigenvalue weighted by Crippen LogP contribution is 2.33. The Morgan fingerprint density at radius 3 is 2.56 bits per heavy atom. The summed E-state index contributed by atoms with van der Waals surface area (Å²) in [5.74, 6) is 0. The fourth-order valence-corrected chi connectivity index (χ4v) is 3.20. The van der Waals surface area contributed by atoms with Crippen LogP contribution in [0.3, 0.4) is 0 Å². The SMILES string of the molecule is CCOCCCNC1CC2CCC(C1)N2C. The normalized spacial score (nSPS) is 34.5. The predicted molar refractivity (Wildman–Crippen MR) is 66.7 cm³/mol. The van der Waals surface area contributed by atoms with Crippen LogP contribution in [-0.4, -0.2) is 49.8 Å². The van der Waals surface area contributed by atoms with Crippen molar-refractivity contribution in [1.29, 1.82) is 0 Å². The Kier molecular flexibility index (Phi) is 4.62. The monoisotopic (exact) mass is 226 g/mol. The molecule has 2 unspecified atom stereocenters. The van der Waals surface area contributed by atoms with Gasteiger partial charge in [0.05, 0.1) is 0 Å². The highest BCUT2D eigenvalue weighted by molar-refractivity contribution is 4.95. The maximum atomic E-state index is 5.35. The summed E-state index contributed by atoms with van der Waals surface area (Å²) >= 11 is 0. The Balaban J connectivity index is 1.61. The molecule has 2 atom stereocenters. The third-order valence-electron chi connectivity index (χ3n) is 4.20. The smallest absolute Gasteiger partial charge is 0.0477 e. The van der Waals surface area contributed by atoms with Crippen molar-refractivity contribution in [2.75, 3.05) is 26.8 Å². The number of hydrogen-bond acceptors (Lipinski definition) is 3. The number of fused-ring (bicyclic) bond motifs is 2. The molecule has 0 aromatic heterocycles. The van der Waals surface area contributed by atoms with Gasteiger partial charge in [-0.25, -0.2) is 0 Å². The van der Waals surface area contributed by atoms with E-state index in [4.69, 9.17) is 4.74 Å². The van der Waals surface area contributed by atoms with E-state index in [1.165, 1.54) is 25.7 Å². The van der Waals surface area contributed by atoms with Crippen molar-refractivity contribution in [3.63, 3.8) is 0 Å². The van der Waals surface area contributed by atoms with Crippen LogP contribution < -0.4 is 5.32 Å². The molecule has 3 nitrogen and oxygen atoms in total. The van der Waals surface area contributed by atoms with Crippen molar-refractivity contribution >= 4 is 0 Å². The average Bonchev–Trinajstić information content (AvgIpc) is 2.54. The van der Waals surface area contributed by atoms with E-state index in [0.717, 1.165) is 44.3 Å². The van der Waals surface area contributed by atoms with E-state index in [0.29, 0.717) is 0 Å².